The molecule has 1 saturated heterocycles. The van der Waals surface area contributed by atoms with E-state index in [0.29, 0.717) is 24.5 Å². The lowest BCUT2D eigenvalue weighted by atomic mass is 10.1. The molecule has 98 valence electrons. The number of para-hydroxylation sites is 1. The Hall–Kier alpha value is -1.85. The van der Waals surface area contributed by atoms with Gasteiger partial charge in [-0.05, 0) is 12.1 Å². The van der Waals surface area contributed by atoms with E-state index in [9.17, 15) is 9.90 Å². The van der Waals surface area contributed by atoms with Gasteiger partial charge in [0.2, 0.25) is 0 Å². The van der Waals surface area contributed by atoms with Gasteiger partial charge < -0.3 is 10.0 Å². The van der Waals surface area contributed by atoms with E-state index in [4.69, 9.17) is 11.6 Å². The Morgan fingerprint density at radius 3 is 2.58 bits per heavy atom. The van der Waals surface area contributed by atoms with E-state index in [2.05, 4.69) is 5.10 Å². The van der Waals surface area contributed by atoms with Gasteiger partial charge >= 0.3 is 0 Å². The third-order valence-corrected chi connectivity index (χ3v) is 3.46. The van der Waals surface area contributed by atoms with Crippen molar-refractivity contribution in [2.24, 2.45) is 0 Å². The molecule has 0 spiro atoms. The van der Waals surface area contributed by atoms with Gasteiger partial charge in [0.25, 0.3) is 5.56 Å². The molecule has 3 rings (SSSR count). The lowest BCUT2D eigenvalue weighted by Crippen LogP contribution is -2.51. The number of halogens is 1. The zero-order chi connectivity index (χ0) is 13.4. The largest absolute Gasteiger partial charge is 0.389 e. The predicted octanol–water partition coefficient (Wildman–Crippen LogP) is 1.07. The minimum Gasteiger partial charge on any atom is -0.389 e. The lowest BCUT2D eigenvalue weighted by molar-refractivity contribution is 0.142. The molecule has 6 heteroatoms. The number of aromatic nitrogens is 2. The highest BCUT2D eigenvalue weighted by molar-refractivity contribution is 6.33. The number of hydrogen-bond acceptors (Lipinski definition) is 4. The molecule has 0 bridgehead atoms. The normalized spacial score (nSPS) is 15.4. The van der Waals surface area contributed by atoms with E-state index in [1.54, 1.807) is 18.3 Å². The van der Waals surface area contributed by atoms with Crippen molar-refractivity contribution in [1.29, 1.82) is 0 Å². The van der Waals surface area contributed by atoms with Gasteiger partial charge in [0, 0.05) is 13.1 Å². The monoisotopic (exact) mass is 277 g/mol. The van der Waals surface area contributed by atoms with Crippen molar-refractivity contribution in [3.63, 3.8) is 0 Å². The van der Waals surface area contributed by atoms with Crippen molar-refractivity contribution in [1.82, 2.24) is 9.78 Å². The summed E-state index contributed by atoms with van der Waals surface area (Å²) in [4.78, 5) is 14.0. The fourth-order valence-electron chi connectivity index (χ4n) is 2.05. The maximum atomic E-state index is 12.2. The topological polar surface area (TPSA) is 58.4 Å². The van der Waals surface area contributed by atoms with Crippen LogP contribution in [0.3, 0.4) is 0 Å². The van der Waals surface area contributed by atoms with Gasteiger partial charge in [-0.25, -0.2) is 0 Å². The standard InChI is InChI=1S/C13H12ClN3O2/c14-12-11(16-7-10(18)8-16)6-15-17(13(12)19)9-4-2-1-3-5-9/h1-6,10,18H,7-8H2. The maximum Gasteiger partial charge on any atom is 0.292 e. The summed E-state index contributed by atoms with van der Waals surface area (Å²) in [5.41, 5.74) is 0.889. The molecule has 0 atom stereocenters. The quantitative estimate of drug-likeness (QED) is 0.892. The van der Waals surface area contributed by atoms with E-state index < -0.39 is 0 Å². The summed E-state index contributed by atoms with van der Waals surface area (Å²) in [5, 5.41) is 13.5. The Kier molecular flexibility index (Phi) is 3.00. The summed E-state index contributed by atoms with van der Waals surface area (Å²) < 4.78 is 1.27. The van der Waals surface area contributed by atoms with Crippen molar-refractivity contribution < 1.29 is 5.11 Å². The smallest absolute Gasteiger partial charge is 0.292 e. The molecule has 0 amide bonds. The number of nitrogens with zero attached hydrogens (tertiary/aromatic N) is 3. The number of β-amino-alcohol motifs (C(OH)–C–C–N with tert-alkyl or cyclic N) is 1. The summed E-state index contributed by atoms with van der Waals surface area (Å²) >= 11 is 6.11. The average Bonchev–Trinajstić information content (AvgIpc) is 2.40. The Morgan fingerprint density at radius 1 is 1.26 bits per heavy atom. The van der Waals surface area contributed by atoms with Crippen LogP contribution < -0.4 is 10.5 Å². The summed E-state index contributed by atoms with van der Waals surface area (Å²) in [6.07, 6.45) is 1.20. The van der Waals surface area contributed by atoms with E-state index in [1.807, 2.05) is 23.1 Å². The zero-order valence-corrected chi connectivity index (χ0v) is 10.8. The van der Waals surface area contributed by atoms with Crippen LogP contribution in [0.5, 0.6) is 0 Å². The summed E-state index contributed by atoms with van der Waals surface area (Å²) in [6.45, 7) is 0.965. The van der Waals surface area contributed by atoms with Gasteiger partial charge in [-0.15, -0.1) is 0 Å². The molecule has 1 fully saturated rings. The SMILES string of the molecule is O=c1c(Cl)c(N2CC(O)C2)cnn1-c1ccccc1. The Morgan fingerprint density at radius 2 is 1.95 bits per heavy atom. The molecule has 0 radical (unpaired) electrons. The molecular weight excluding hydrogens is 266 g/mol. The highest BCUT2D eigenvalue weighted by atomic mass is 35.5. The number of benzene rings is 1. The lowest BCUT2D eigenvalue weighted by Gasteiger charge is -2.37. The van der Waals surface area contributed by atoms with E-state index in [1.165, 1.54) is 4.68 Å². The van der Waals surface area contributed by atoms with Crippen LogP contribution in [0.1, 0.15) is 0 Å². The van der Waals surface area contributed by atoms with Crippen LogP contribution in [0.4, 0.5) is 5.69 Å². The van der Waals surface area contributed by atoms with Crippen molar-refractivity contribution in [3.8, 4) is 5.69 Å². The number of anilines is 1. The van der Waals surface area contributed by atoms with Crippen LogP contribution >= 0.6 is 11.6 Å². The van der Waals surface area contributed by atoms with Gasteiger partial charge in [-0.2, -0.15) is 9.78 Å². The Balaban J connectivity index is 2.02. The van der Waals surface area contributed by atoms with Gasteiger partial charge in [0.05, 0.1) is 23.7 Å². The summed E-state index contributed by atoms with van der Waals surface area (Å²) in [5.74, 6) is 0. The van der Waals surface area contributed by atoms with E-state index in [0.717, 1.165) is 0 Å². The van der Waals surface area contributed by atoms with Crippen LogP contribution in [0.15, 0.2) is 41.3 Å². The van der Waals surface area contributed by atoms with E-state index >= 15 is 0 Å². The number of aliphatic hydroxyl groups is 1. The molecule has 1 aliphatic heterocycles. The summed E-state index contributed by atoms with van der Waals surface area (Å²) in [6, 6.07) is 9.11. The first-order valence-electron chi connectivity index (χ1n) is 5.93. The van der Waals surface area contributed by atoms with E-state index in [-0.39, 0.29) is 16.7 Å². The van der Waals surface area contributed by atoms with Gasteiger partial charge in [0.1, 0.15) is 5.02 Å². The molecule has 0 aliphatic carbocycles. The second-order valence-corrected chi connectivity index (χ2v) is 4.83. The van der Waals surface area contributed by atoms with Crippen LogP contribution in [0.25, 0.3) is 5.69 Å². The fraction of sp³-hybridized carbons (Fsp3) is 0.231. The van der Waals surface area contributed by atoms with Gasteiger partial charge in [-0.3, -0.25) is 4.79 Å². The van der Waals surface area contributed by atoms with Crippen molar-refractivity contribution in [2.75, 3.05) is 18.0 Å². The molecule has 2 aromatic rings. The third-order valence-electron chi connectivity index (χ3n) is 3.10. The number of aliphatic hydroxyl groups excluding tert-OH is 1. The second kappa shape index (κ2) is 4.68. The van der Waals surface area contributed by atoms with Crippen molar-refractivity contribution in [2.45, 2.75) is 6.10 Å². The van der Waals surface area contributed by atoms with Gasteiger partial charge in [0.15, 0.2) is 0 Å². The average molecular weight is 278 g/mol. The predicted molar refractivity (Wildman–Crippen MR) is 73.1 cm³/mol. The van der Waals surface area contributed by atoms with Crippen LogP contribution in [-0.4, -0.2) is 34.1 Å². The molecular formula is C13H12ClN3O2. The van der Waals surface area contributed by atoms with Gasteiger partial charge in [-0.1, -0.05) is 29.8 Å². The van der Waals surface area contributed by atoms with Crippen molar-refractivity contribution >= 4 is 17.3 Å². The number of hydrogen-bond donors (Lipinski definition) is 1. The molecule has 19 heavy (non-hydrogen) atoms. The fourth-order valence-corrected chi connectivity index (χ4v) is 2.30. The minimum absolute atomic E-state index is 0.130. The highest BCUT2D eigenvalue weighted by Gasteiger charge is 2.27. The van der Waals surface area contributed by atoms with Crippen LogP contribution in [0, 0.1) is 0 Å². The highest BCUT2D eigenvalue weighted by Crippen LogP contribution is 2.25. The molecule has 1 aromatic heterocycles. The molecule has 1 N–H and O–H groups in total. The maximum absolute atomic E-state index is 12.2. The van der Waals surface area contributed by atoms with Crippen LogP contribution in [0.2, 0.25) is 5.02 Å². The Bertz CT molecular complexity index is 651. The molecule has 1 aliphatic rings. The molecule has 0 saturated carbocycles. The third kappa shape index (κ3) is 2.11. The zero-order valence-electron chi connectivity index (χ0n) is 10.0. The second-order valence-electron chi connectivity index (χ2n) is 4.46. The first-order chi connectivity index (χ1) is 9.16. The first-order valence-corrected chi connectivity index (χ1v) is 6.31. The number of rotatable bonds is 2. The first kappa shape index (κ1) is 12.2. The van der Waals surface area contributed by atoms with Crippen molar-refractivity contribution in [3.05, 3.63) is 51.9 Å². The Labute approximate surface area is 114 Å². The van der Waals surface area contributed by atoms with Crippen LogP contribution in [-0.2, 0) is 0 Å². The molecule has 2 heterocycles. The minimum atomic E-state index is -0.355. The molecule has 0 unspecified atom stereocenters. The summed E-state index contributed by atoms with van der Waals surface area (Å²) in [7, 11) is 0. The molecule has 1 aromatic carbocycles. The molecule has 5 nitrogen and oxygen atoms in total.